The van der Waals surface area contributed by atoms with Crippen molar-refractivity contribution in [3.63, 3.8) is 0 Å². The normalized spacial score (nSPS) is 10.2. The Kier molecular flexibility index (Phi) is 3.93. The molecule has 0 N–H and O–H groups in total. The molecule has 0 spiro atoms. The minimum absolute atomic E-state index is 0.807. The predicted molar refractivity (Wildman–Crippen MR) is 66.9 cm³/mol. The van der Waals surface area contributed by atoms with E-state index in [1.54, 1.807) is 20.5 Å². The lowest BCUT2D eigenvalue weighted by Crippen LogP contribution is -1.96. The molecule has 1 heterocycles. The summed E-state index contributed by atoms with van der Waals surface area (Å²) < 4.78 is 14.5. The van der Waals surface area contributed by atoms with Crippen LogP contribution >= 0.6 is 11.5 Å². The molecule has 0 fully saturated rings. The molecule has 0 aliphatic carbocycles. The molecule has 0 aliphatic heterocycles. The van der Waals surface area contributed by atoms with Crippen molar-refractivity contribution in [3.8, 4) is 11.5 Å². The summed E-state index contributed by atoms with van der Waals surface area (Å²) in [5.74, 6) is 1.66. The Labute approximate surface area is 104 Å². The lowest BCUT2D eigenvalue weighted by atomic mass is 10.1. The van der Waals surface area contributed by atoms with Crippen LogP contribution in [-0.4, -0.2) is 23.6 Å². The Hall–Kier alpha value is -1.62. The van der Waals surface area contributed by atoms with E-state index in [1.165, 1.54) is 11.5 Å². The summed E-state index contributed by atoms with van der Waals surface area (Å²) in [6, 6.07) is 5.87. The highest BCUT2D eigenvalue weighted by molar-refractivity contribution is 7.05. The molecular formula is C12H14N2O2S. The van der Waals surface area contributed by atoms with Gasteiger partial charge in [-0.2, -0.15) is 4.37 Å². The summed E-state index contributed by atoms with van der Waals surface area (Å²) in [5, 5.41) is 1.04. The van der Waals surface area contributed by atoms with Gasteiger partial charge in [0.05, 0.1) is 14.2 Å². The van der Waals surface area contributed by atoms with Crippen molar-refractivity contribution in [2.24, 2.45) is 0 Å². The largest absolute Gasteiger partial charge is 0.497 e. The third-order valence-electron chi connectivity index (χ3n) is 2.51. The van der Waals surface area contributed by atoms with Crippen molar-refractivity contribution in [2.45, 2.75) is 12.8 Å². The van der Waals surface area contributed by atoms with Gasteiger partial charge >= 0.3 is 0 Å². The lowest BCUT2D eigenvalue weighted by molar-refractivity contribution is 0.391. The van der Waals surface area contributed by atoms with Crippen molar-refractivity contribution in [2.75, 3.05) is 14.2 Å². The minimum Gasteiger partial charge on any atom is -0.497 e. The van der Waals surface area contributed by atoms with Crippen molar-refractivity contribution >= 4 is 11.5 Å². The second-order valence-corrected chi connectivity index (χ2v) is 4.38. The van der Waals surface area contributed by atoms with Crippen LogP contribution in [-0.2, 0) is 12.8 Å². The van der Waals surface area contributed by atoms with Gasteiger partial charge in [-0.25, -0.2) is 4.98 Å². The SMILES string of the molecule is COc1ccc(CCc2ncns2)c(OC)c1. The van der Waals surface area contributed by atoms with E-state index in [1.807, 2.05) is 18.2 Å². The molecule has 0 radical (unpaired) electrons. The minimum atomic E-state index is 0.807. The molecule has 0 bridgehead atoms. The molecule has 90 valence electrons. The van der Waals surface area contributed by atoms with Crippen LogP contribution < -0.4 is 9.47 Å². The van der Waals surface area contributed by atoms with E-state index >= 15 is 0 Å². The van der Waals surface area contributed by atoms with E-state index in [-0.39, 0.29) is 0 Å². The Morgan fingerprint density at radius 1 is 1.18 bits per heavy atom. The molecule has 1 aromatic heterocycles. The van der Waals surface area contributed by atoms with Crippen molar-refractivity contribution in [1.29, 1.82) is 0 Å². The van der Waals surface area contributed by atoms with Crippen LogP contribution in [0.1, 0.15) is 10.6 Å². The highest BCUT2D eigenvalue weighted by Crippen LogP contribution is 2.25. The second kappa shape index (κ2) is 5.63. The van der Waals surface area contributed by atoms with Crippen LogP contribution in [0.3, 0.4) is 0 Å². The first kappa shape index (κ1) is 11.9. The first-order valence-electron chi connectivity index (χ1n) is 5.30. The zero-order valence-corrected chi connectivity index (χ0v) is 10.7. The van der Waals surface area contributed by atoms with Gasteiger partial charge < -0.3 is 9.47 Å². The van der Waals surface area contributed by atoms with E-state index in [4.69, 9.17) is 9.47 Å². The third kappa shape index (κ3) is 2.94. The Morgan fingerprint density at radius 3 is 2.71 bits per heavy atom. The first-order valence-corrected chi connectivity index (χ1v) is 6.07. The molecule has 4 nitrogen and oxygen atoms in total. The van der Waals surface area contributed by atoms with E-state index in [9.17, 15) is 0 Å². The van der Waals surface area contributed by atoms with Gasteiger partial charge in [0.25, 0.3) is 0 Å². The monoisotopic (exact) mass is 250 g/mol. The number of aryl methyl sites for hydroxylation is 2. The van der Waals surface area contributed by atoms with Crippen LogP contribution in [0.15, 0.2) is 24.5 Å². The lowest BCUT2D eigenvalue weighted by Gasteiger charge is -2.09. The van der Waals surface area contributed by atoms with Gasteiger partial charge in [0.15, 0.2) is 0 Å². The molecule has 0 saturated heterocycles. The van der Waals surface area contributed by atoms with Crippen LogP contribution in [0, 0.1) is 0 Å². The summed E-state index contributed by atoms with van der Waals surface area (Å²) in [7, 11) is 3.32. The molecule has 17 heavy (non-hydrogen) atoms. The average Bonchev–Trinajstić information content (AvgIpc) is 2.89. The van der Waals surface area contributed by atoms with Crippen molar-refractivity contribution < 1.29 is 9.47 Å². The van der Waals surface area contributed by atoms with Gasteiger partial charge in [0, 0.05) is 12.5 Å². The second-order valence-electron chi connectivity index (χ2n) is 3.51. The van der Waals surface area contributed by atoms with Crippen LogP contribution in [0.5, 0.6) is 11.5 Å². The van der Waals surface area contributed by atoms with Gasteiger partial charge in [-0.1, -0.05) is 6.07 Å². The fourth-order valence-corrected chi connectivity index (χ4v) is 2.11. The number of aromatic nitrogens is 2. The van der Waals surface area contributed by atoms with Gasteiger partial charge in [0.1, 0.15) is 22.8 Å². The van der Waals surface area contributed by atoms with E-state index in [0.29, 0.717) is 0 Å². The topological polar surface area (TPSA) is 44.2 Å². The quantitative estimate of drug-likeness (QED) is 0.817. The van der Waals surface area contributed by atoms with Crippen LogP contribution in [0.2, 0.25) is 0 Å². The summed E-state index contributed by atoms with van der Waals surface area (Å²) in [6.45, 7) is 0. The number of hydrogen-bond donors (Lipinski definition) is 0. The van der Waals surface area contributed by atoms with Crippen molar-refractivity contribution in [3.05, 3.63) is 35.1 Å². The molecule has 0 aliphatic rings. The summed E-state index contributed by atoms with van der Waals surface area (Å²) in [4.78, 5) is 4.16. The molecule has 0 amide bonds. The molecule has 2 aromatic rings. The standard InChI is InChI=1S/C12H14N2O2S/c1-15-10-5-3-9(11(7-10)16-2)4-6-12-13-8-14-17-12/h3,5,7-8H,4,6H2,1-2H3. The fraction of sp³-hybridized carbons (Fsp3) is 0.333. The van der Waals surface area contributed by atoms with Gasteiger partial charge in [0.2, 0.25) is 0 Å². The number of methoxy groups -OCH3 is 2. The van der Waals surface area contributed by atoms with Crippen molar-refractivity contribution in [1.82, 2.24) is 9.36 Å². The van der Waals surface area contributed by atoms with E-state index in [0.717, 1.165) is 34.9 Å². The van der Waals surface area contributed by atoms with Crippen LogP contribution in [0.4, 0.5) is 0 Å². The number of hydrogen-bond acceptors (Lipinski definition) is 5. The summed E-state index contributed by atoms with van der Waals surface area (Å²) in [6.07, 6.45) is 3.36. The maximum absolute atomic E-state index is 5.35. The molecule has 0 unspecified atom stereocenters. The zero-order chi connectivity index (χ0) is 12.1. The van der Waals surface area contributed by atoms with Gasteiger partial charge in [-0.3, -0.25) is 0 Å². The Bertz CT molecular complexity index is 471. The predicted octanol–water partition coefficient (Wildman–Crippen LogP) is 2.34. The van der Waals surface area contributed by atoms with Gasteiger partial charge in [-0.15, -0.1) is 0 Å². The van der Waals surface area contributed by atoms with E-state index < -0.39 is 0 Å². The van der Waals surface area contributed by atoms with E-state index in [2.05, 4.69) is 9.36 Å². The highest BCUT2D eigenvalue weighted by atomic mass is 32.1. The molecule has 1 aromatic carbocycles. The van der Waals surface area contributed by atoms with Gasteiger partial charge in [-0.05, 0) is 29.6 Å². The van der Waals surface area contributed by atoms with Crippen LogP contribution in [0.25, 0.3) is 0 Å². The maximum atomic E-state index is 5.35. The molecule has 0 saturated carbocycles. The number of ether oxygens (including phenoxy) is 2. The molecule has 5 heteroatoms. The third-order valence-corrected chi connectivity index (χ3v) is 3.23. The summed E-state index contributed by atoms with van der Waals surface area (Å²) >= 11 is 1.44. The Balaban J connectivity index is 2.09. The summed E-state index contributed by atoms with van der Waals surface area (Å²) in [5.41, 5.74) is 1.16. The number of rotatable bonds is 5. The highest BCUT2D eigenvalue weighted by Gasteiger charge is 2.06. The number of benzene rings is 1. The molecule has 2 rings (SSSR count). The smallest absolute Gasteiger partial charge is 0.129 e. The first-order chi connectivity index (χ1) is 8.33. The zero-order valence-electron chi connectivity index (χ0n) is 9.84. The average molecular weight is 250 g/mol. The molecular weight excluding hydrogens is 236 g/mol. The molecule has 0 atom stereocenters. The Morgan fingerprint density at radius 2 is 2.06 bits per heavy atom. The fourth-order valence-electron chi connectivity index (χ4n) is 1.61. The number of nitrogens with zero attached hydrogens (tertiary/aromatic N) is 2. The maximum Gasteiger partial charge on any atom is 0.129 e.